The quantitative estimate of drug-likeness (QED) is 0.660. The van der Waals surface area contributed by atoms with Crippen molar-refractivity contribution in [3.8, 4) is 5.69 Å². The van der Waals surface area contributed by atoms with E-state index in [-0.39, 0.29) is 18.2 Å². The third-order valence-electron chi connectivity index (χ3n) is 4.29. The fourth-order valence-corrected chi connectivity index (χ4v) is 3.45. The number of aromatic nitrogens is 2. The molecule has 140 valence electrons. The average molecular weight is 382 g/mol. The van der Waals surface area contributed by atoms with Crippen molar-refractivity contribution in [3.05, 3.63) is 69.7 Å². The van der Waals surface area contributed by atoms with E-state index in [1.807, 2.05) is 60.3 Å². The molecule has 3 aromatic rings. The lowest BCUT2D eigenvalue weighted by Gasteiger charge is -2.08. The molecular formula is C20H22N4O2S. The van der Waals surface area contributed by atoms with Crippen LogP contribution in [0.3, 0.4) is 0 Å². The molecule has 0 aliphatic heterocycles. The van der Waals surface area contributed by atoms with Crippen LogP contribution in [0.25, 0.3) is 5.69 Å². The smallest absolute Gasteiger partial charge is 0.261 e. The zero-order chi connectivity index (χ0) is 19.2. The summed E-state index contributed by atoms with van der Waals surface area (Å²) in [6, 6.07) is 13.5. The van der Waals surface area contributed by atoms with Crippen molar-refractivity contribution in [2.45, 2.75) is 26.8 Å². The lowest BCUT2D eigenvalue weighted by atomic mass is 10.2. The van der Waals surface area contributed by atoms with E-state index in [2.05, 4.69) is 15.7 Å². The summed E-state index contributed by atoms with van der Waals surface area (Å²) in [5.74, 6) is -0.249. The van der Waals surface area contributed by atoms with Gasteiger partial charge in [-0.25, -0.2) is 4.68 Å². The predicted octanol–water partition coefficient (Wildman–Crippen LogP) is 2.99. The minimum Gasteiger partial charge on any atom is -0.352 e. The van der Waals surface area contributed by atoms with Crippen molar-refractivity contribution in [1.29, 1.82) is 0 Å². The van der Waals surface area contributed by atoms with Crippen molar-refractivity contribution in [3.63, 3.8) is 0 Å². The van der Waals surface area contributed by atoms with Crippen molar-refractivity contribution in [2.24, 2.45) is 0 Å². The zero-order valence-electron chi connectivity index (χ0n) is 15.4. The first kappa shape index (κ1) is 18.8. The van der Waals surface area contributed by atoms with Crippen LogP contribution < -0.4 is 10.6 Å². The molecule has 7 heteroatoms. The maximum Gasteiger partial charge on any atom is 0.261 e. The van der Waals surface area contributed by atoms with E-state index in [1.165, 1.54) is 11.3 Å². The number of carbonyl (C=O) groups excluding carboxylic acids is 2. The van der Waals surface area contributed by atoms with Gasteiger partial charge >= 0.3 is 0 Å². The Balaban J connectivity index is 1.52. The monoisotopic (exact) mass is 382 g/mol. The number of para-hydroxylation sites is 1. The molecule has 3 rings (SSSR count). The molecule has 0 spiro atoms. The average Bonchev–Trinajstić information content (AvgIpc) is 3.30. The molecule has 0 atom stereocenters. The molecule has 0 aliphatic carbocycles. The van der Waals surface area contributed by atoms with Gasteiger partial charge in [0.2, 0.25) is 5.91 Å². The number of amides is 2. The number of carbonyl (C=O) groups is 2. The second kappa shape index (κ2) is 8.64. The summed E-state index contributed by atoms with van der Waals surface area (Å²) in [5.41, 5.74) is 3.90. The Hall–Kier alpha value is -2.93. The normalized spacial score (nSPS) is 10.6. The molecule has 1 aromatic carbocycles. The van der Waals surface area contributed by atoms with Gasteiger partial charge in [-0.1, -0.05) is 24.3 Å². The number of nitrogens with zero attached hydrogens (tertiary/aromatic N) is 2. The lowest BCUT2D eigenvalue weighted by molar-refractivity contribution is -0.121. The van der Waals surface area contributed by atoms with Crippen LogP contribution in [-0.4, -0.2) is 28.1 Å². The maximum atomic E-state index is 12.1. The first-order valence-electron chi connectivity index (χ1n) is 8.75. The highest BCUT2D eigenvalue weighted by Gasteiger charge is 2.14. The van der Waals surface area contributed by atoms with Crippen LogP contribution in [-0.2, 0) is 11.3 Å². The van der Waals surface area contributed by atoms with Gasteiger partial charge in [0.1, 0.15) is 0 Å². The van der Waals surface area contributed by atoms with Gasteiger partial charge in [-0.05, 0) is 37.4 Å². The minimum absolute atomic E-state index is 0.104. The standard InChI is InChI=1S/C20H22N4O2S/c1-14-17(15(2)24(23-14)16-7-4-3-5-8-16)13-22-19(25)10-11-21-20(26)18-9-6-12-27-18/h3-9,12H,10-11,13H2,1-2H3,(H,21,26)(H,22,25). The molecule has 6 nitrogen and oxygen atoms in total. The second-order valence-corrected chi connectivity index (χ2v) is 7.10. The minimum atomic E-state index is -0.145. The van der Waals surface area contributed by atoms with E-state index in [4.69, 9.17) is 0 Å². The van der Waals surface area contributed by atoms with Gasteiger partial charge in [0.15, 0.2) is 0 Å². The van der Waals surface area contributed by atoms with Crippen molar-refractivity contribution in [1.82, 2.24) is 20.4 Å². The zero-order valence-corrected chi connectivity index (χ0v) is 16.2. The van der Waals surface area contributed by atoms with E-state index < -0.39 is 0 Å². The van der Waals surface area contributed by atoms with Crippen molar-refractivity contribution >= 4 is 23.2 Å². The molecule has 0 fully saturated rings. The Morgan fingerprint density at radius 1 is 1.07 bits per heavy atom. The van der Waals surface area contributed by atoms with Gasteiger partial charge in [-0.3, -0.25) is 9.59 Å². The predicted molar refractivity (Wildman–Crippen MR) is 106 cm³/mol. The topological polar surface area (TPSA) is 76.0 Å². The number of hydrogen-bond donors (Lipinski definition) is 2. The van der Waals surface area contributed by atoms with Gasteiger partial charge in [0, 0.05) is 30.8 Å². The number of thiophene rings is 1. The molecule has 0 saturated carbocycles. The highest BCUT2D eigenvalue weighted by molar-refractivity contribution is 7.12. The Morgan fingerprint density at radius 2 is 1.85 bits per heavy atom. The third-order valence-corrected chi connectivity index (χ3v) is 5.16. The van der Waals surface area contributed by atoms with Crippen LogP contribution in [0.2, 0.25) is 0 Å². The summed E-state index contributed by atoms with van der Waals surface area (Å²) < 4.78 is 1.89. The first-order chi connectivity index (χ1) is 13.1. The molecule has 0 radical (unpaired) electrons. The van der Waals surface area contributed by atoms with Gasteiger partial charge in [0.25, 0.3) is 5.91 Å². The molecule has 2 aromatic heterocycles. The fourth-order valence-electron chi connectivity index (χ4n) is 2.81. The van der Waals surface area contributed by atoms with E-state index >= 15 is 0 Å². The van der Waals surface area contributed by atoms with Gasteiger partial charge in [-0.2, -0.15) is 5.10 Å². The Kier molecular flexibility index (Phi) is 6.03. The Labute approximate surface area is 162 Å². The molecular weight excluding hydrogens is 360 g/mol. The largest absolute Gasteiger partial charge is 0.352 e. The summed E-state index contributed by atoms with van der Waals surface area (Å²) in [6.45, 7) is 4.66. The molecule has 0 unspecified atom stereocenters. The Morgan fingerprint density at radius 3 is 2.56 bits per heavy atom. The van der Waals surface area contributed by atoms with Crippen LogP contribution in [0.1, 0.15) is 33.0 Å². The molecule has 2 amide bonds. The van der Waals surface area contributed by atoms with E-state index in [1.54, 1.807) is 6.07 Å². The number of rotatable bonds is 7. The van der Waals surface area contributed by atoms with Crippen LogP contribution in [0.5, 0.6) is 0 Å². The number of aryl methyl sites for hydroxylation is 1. The molecule has 0 saturated heterocycles. The lowest BCUT2D eigenvalue weighted by Crippen LogP contribution is -2.30. The van der Waals surface area contributed by atoms with Crippen LogP contribution in [0, 0.1) is 13.8 Å². The maximum absolute atomic E-state index is 12.1. The van der Waals surface area contributed by atoms with Crippen LogP contribution in [0.4, 0.5) is 0 Å². The molecule has 2 N–H and O–H groups in total. The summed E-state index contributed by atoms with van der Waals surface area (Å²) in [5, 5.41) is 12.1. The third kappa shape index (κ3) is 4.62. The fraction of sp³-hybridized carbons (Fsp3) is 0.250. The highest BCUT2D eigenvalue weighted by atomic mass is 32.1. The van der Waals surface area contributed by atoms with E-state index in [0.717, 1.165) is 22.6 Å². The molecule has 2 heterocycles. The first-order valence-corrected chi connectivity index (χ1v) is 9.63. The number of hydrogen-bond acceptors (Lipinski definition) is 4. The van der Waals surface area contributed by atoms with Crippen LogP contribution in [0.15, 0.2) is 47.8 Å². The van der Waals surface area contributed by atoms with Gasteiger partial charge in [0.05, 0.1) is 16.3 Å². The SMILES string of the molecule is Cc1nn(-c2ccccc2)c(C)c1CNC(=O)CCNC(=O)c1cccs1. The summed E-state index contributed by atoms with van der Waals surface area (Å²) in [4.78, 5) is 24.6. The van der Waals surface area contributed by atoms with Crippen LogP contribution >= 0.6 is 11.3 Å². The van der Waals surface area contributed by atoms with Crippen molar-refractivity contribution < 1.29 is 9.59 Å². The highest BCUT2D eigenvalue weighted by Crippen LogP contribution is 2.17. The Bertz CT molecular complexity index is 917. The molecule has 0 aliphatic rings. The second-order valence-electron chi connectivity index (χ2n) is 6.16. The summed E-state index contributed by atoms with van der Waals surface area (Å²) >= 11 is 1.38. The van der Waals surface area contributed by atoms with Crippen molar-refractivity contribution in [2.75, 3.05) is 6.54 Å². The van der Waals surface area contributed by atoms with Gasteiger partial charge < -0.3 is 10.6 Å². The summed E-state index contributed by atoms with van der Waals surface area (Å²) in [6.07, 6.45) is 0.238. The van der Waals surface area contributed by atoms with E-state index in [9.17, 15) is 9.59 Å². The number of nitrogens with one attached hydrogen (secondary N) is 2. The van der Waals surface area contributed by atoms with E-state index in [0.29, 0.717) is 18.0 Å². The van der Waals surface area contributed by atoms with Gasteiger partial charge in [-0.15, -0.1) is 11.3 Å². The summed E-state index contributed by atoms with van der Waals surface area (Å²) in [7, 11) is 0. The number of benzene rings is 1. The molecule has 27 heavy (non-hydrogen) atoms. The molecule has 0 bridgehead atoms.